The van der Waals surface area contributed by atoms with Crippen molar-refractivity contribution in [2.75, 3.05) is 25.6 Å². The van der Waals surface area contributed by atoms with Crippen molar-refractivity contribution in [1.82, 2.24) is 4.90 Å². The Morgan fingerprint density at radius 3 is 2.49 bits per heavy atom. The van der Waals surface area contributed by atoms with Crippen molar-refractivity contribution in [2.24, 2.45) is 5.10 Å². The van der Waals surface area contributed by atoms with Crippen LogP contribution in [0.2, 0.25) is 0 Å². The molecule has 3 rings (SSSR count). The fourth-order valence-corrected chi connectivity index (χ4v) is 3.87. The lowest BCUT2D eigenvalue weighted by atomic mass is 9.98. The van der Waals surface area contributed by atoms with Crippen molar-refractivity contribution < 1.29 is 19.4 Å². The van der Waals surface area contributed by atoms with Gasteiger partial charge in [0.2, 0.25) is 0 Å². The first-order valence-corrected chi connectivity index (χ1v) is 11.3. The molecule has 1 aliphatic rings. The minimum Gasteiger partial charge on any atom is -0.462 e. The predicted octanol–water partition coefficient (Wildman–Crippen LogP) is 4.64. The zero-order chi connectivity index (χ0) is 25.4. The van der Waals surface area contributed by atoms with E-state index in [9.17, 15) is 25.0 Å². The molecular weight excluding hydrogens is 454 g/mol. The molecule has 11 nitrogen and oxygen atoms in total. The monoisotopic (exact) mass is 481 g/mol. The van der Waals surface area contributed by atoms with E-state index < -0.39 is 27.2 Å². The van der Waals surface area contributed by atoms with Crippen molar-refractivity contribution in [2.45, 2.75) is 32.6 Å². The van der Waals surface area contributed by atoms with E-state index in [0.717, 1.165) is 43.6 Å². The summed E-state index contributed by atoms with van der Waals surface area (Å²) in [5, 5.41) is 27.1. The molecule has 0 radical (unpaired) electrons. The summed E-state index contributed by atoms with van der Waals surface area (Å²) in [4.78, 5) is 36.5. The smallest absolute Gasteiger partial charge is 0.342 e. The van der Waals surface area contributed by atoms with Crippen LogP contribution >= 0.6 is 0 Å². The van der Waals surface area contributed by atoms with Gasteiger partial charge in [0, 0.05) is 30.9 Å². The molecule has 0 aliphatic carbocycles. The second-order valence-corrected chi connectivity index (χ2v) is 7.93. The molecular formula is C24H27N5O6. The first-order valence-electron chi connectivity index (χ1n) is 11.3. The van der Waals surface area contributed by atoms with Gasteiger partial charge in [-0.1, -0.05) is 36.8 Å². The summed E-state index contributed by atoms with van der Waals surface area (Å²) in [5.74, 6) is -0.543. The van der Waals surface area contributed by atoms with Crippen molar-refractivity contribution in [3.8, 4) is 0 Å². The van der Waals surface area contributed by atoms with Gasteiger partial charge in [-0.2, -0.15) is 5.10 Å². The third-order valence-electron chi connectivity index (χ3n) is 5.60. The van der Waals surface area contributed by atoms with Gasteiger partial charge in [0.15, 0.2) is 0 Å². The zero-order valence-corrected chi connectivity index (χ0v) is 19.6. The summed E-state index contributed by atoms with van der Waals surface area (Å²) in [6.07, 6.45) is 3.55. The minimum atomic E-state index is -0.725. The molecule has 184 valence electrons. The molecule has 11 heteroatoms. The Labute approximate surface area is 202 Å². The summed E-state index contributed by atoms with van der Waals surface area (Å²) in [5.41, 5.74) is 3.64. The molecule has 0 bridgehead atoms. The number of nitrogens with zero attached hydrogens (tertiary/aromatic N) is 4. The number of benzene rings is 2. The number of allylic oxidation sites excluding steroid dienone is 1. The van der Waals surface area contributed by atoms with Crippen LogP contribution in [0.25, 0.3) is 0 Å². The lowest BCUT2D eigenvalue weighted by molar-refractivity contribution is -0.393. The fraction of sp³-hybridized carbons (Fsp3) is 0.333. The maximum absolute atomic E-state index is 13.2. The molecule has 1 aliphatic heterocycles. The predicted molar refractivity (Wildman–Crippen MR) is 131 cm³/mol. The number of nitro groups is 2. The van der Waals surface area contributed by atoms with Gasteiger partial charge in [-0.25, -0.2) is 4.79 Å². The molecule has 1 N–H and O–H groups in total. The standard InChI is InChI=1S/C24H27N5O6/c1-3-35-24(30)22(20-12-8-5-9-15-27(20)2)23(17-10-6-4-7-11-17)26-25-19-14-13-18(28(31)32)16-21(19)29(33)34/h4,6-7,10-11,13-14,16,25H,3,5,8-9,12,15H2,1-2H3/b22-20+,26-23?. The van der Waals surface area contributed by atoms with E-state index in [1.165, 1.54) is 6.07 Å². The third-order valence-corrected chi connectivity index (χ3v) is 5.60. The molecule has 35 heavy (non-hydrogen) atoms. The number of likely N-dealkylation sites (tertiary alicyclic amines) is 1. The number of ether oxygens (including phenoxy) is 1. The van der Waals surface area contributed by atoms with Crippen molar-refractivity contribution in [3.63, 3.8) is 0 Å². The number of hydrogen-bond acceptors (Lipinski definition) is 9. The van der Waals surface area contributed by atoms with E-state index in [0.29, 0.717) is 12.0 Å². The molecule has 1 saturated heterocycles. The molecule has 0 aromatic heterocycles. The second kappa shape index (κ2) is 11.7. The van der Waals surface area contributed by atoms with Crippen LogP contribution in [-0.2, 0) is 9.53 Å². The second-order valence-electron chi connectivity index (χ2n) is 7.93. The Morgan fingerprint density at radius 2 is 1.83 bits per heavy atom. The van der Waals surface area contributed by atoms with Gasteiger partial charge in [-0.15, -0.1) is 0 Å². The van der Waals surface area contributed by atoms with Crippen LogP contribution in [-0.4, -0.2) is 46.6 Å². The minimum absolute atomic E-state index is 0.0449. The molecule has 0 unspecified atom stereocenters. The molecule has 0 saturated carbocycles. The summed E-state index contributed by atoms with van der Waals surface area (Å²) in [6, 6.07) is 12.2. The van der Waals surface area contributed by atoms with Crippen LogP contribution in [0.15, 0.2) is 64.9 Å². The molecule has 0 amide bonds. The zero-order valence-electron chi connectivity index (χ0n) is 19.6. The fourth-order valence-electron chi connectivity index (χ4n) is 3.87. The number of nitro benzene ring substituents is 2. The van der Waals surface area contributed by atoms with Gasteiger partial charge in [-0.05, 0) is 32.3 Å². The van der Waals surface area contributed by atoms with E-state index in [2.05, 4.69) is 10.5 Å². The lowest BCUT2D eigenvalue weighted by Crippen LogP contribution is -2.27. The molecule has 2 aromatic carbocycles. The average Bonchev–Trinajstić information content (AvgIpc) is 3.06. The van der Waals surface area contributed by atoms with E-state index in [1.54, 1.807) is 31.2 Å². The van der Waals surface area contributed by atoms with Gasteiger partial charge >= 0.3 is 11.7 Å². The van der Waals surface area contributed by atoms with Gasteiger partial charge in [0.05, 0.1) is 22.5 Å². The van der Waals surface area contributed by atoms with Gasteiger partial charge < -0.3 is 9.64 Å². The number of anilines is 1. The van der Waals surface area contributed by atoms with Crippen LogP contribution < -0.4 is 5.43 Å². The van der Waals surface area contributed by atoms with Crippen LogP contribution in [0.4, 0.5) is 17.1 Å². The highest BCUT2D eigenvalue weighted by atomic mass is 16.6. The quantitative estimate of drug-likeness (QED) is 0.189. The highest BCUT2D eigenvalue weighted by Gasteiger charge is 2.27. The SMILES string of the molecule is CCOC(=O)/C(C(=NNc1ccc([N+](=O)[O-])cc1[N+](=O)[O-])c1ccccc1)=C1\CCCCCN1C. The lowest BCUT2D eigenvalue weighted by Gasteiger charge is -2.24. The maximum atomic E-state index is 13.2. The number of hydrogen-bond donors (Lipinski definition) is 1. The van der Waals surface area contributed by atoms with E-state index >= 15 is 0 Å². The van der Waals surface area contributed by atoms with Crippen molar-refractivity contribution in [3.05, 3.63) is 85.6 Å². The average molecular weight is 482 g/mol. The number of hydrazone groups is 1. The number of carbonyl (C=O) groups is 1. The van der Waals surface area contributed by atoms with Crippen molar-refractivity contribution in [1.29, 1.82) is 0 Å². The van der Waals surface area contributed by atoms with Crippen LogP contribution in [0, 0.1) is 20.2 Å². The largest absolute Gasteiger partial charge is 0.462 e. The summed E-state index contributed by atoms with van der Waals surface area (Å²) in [7, 11) is 1.91. The van der Waals surface area contributed by atoms with E-state index in [-0.39, 0.29) is 23.6 Å². The summed E-state index contributed by atoms with van der Waals surface area (Å²) < 4.78 is 5.39. The number of non-ortho nitro benzene ring substituents is 1. The van der Waals surface area contributed by atoms with Gasteiger partial charge in [-0.3, -0.25) is 25.7 Å². The Morgan fingerprint density at radius 1 is 1.09 bits per heavy atom. The normalized spacial score (nSPS) is 15.7. The van der Waals surface area contributed by atoms with E-state index in [1.807, 2.05) is 18.0 Å². The van der Waals surface area contributed by atoms with Crippen LogP contribution in [0.1, 0.15) is 38.2 Å². The highest BCUT2D eigenvalue weighted by Crippen LogP contribution is 2.30. The Bertz CT molecular complexity index is 1160. The Balaban J connectivity index is 2.18. The molecule has 0 atom stereocenters. The first kappa shape index (κ1) is 25.3. The first-order chi connectivity index (χ1) is 16.8. The highest BCUT2D eigenvalue weighted by molar-refractivity contribution is 6.27. The molecule has 1 fully saturated rings. The van der Waals surface area contributed by atoms with Crippen LogP contribution in [0.5, 0.6) is 0 Å². The van der Waals surface area contributed by atoms with E-state index in [4.69, 9.17) is 4.74 Å². The van der Waals surface area contributed by atoms with Gasteiger partial charge in [0.25, 0.3) is 5.69 Å². The molecule has 2 aromatic rings. The number of carbonyl (C=O) groups excluding carboxylic acids is 1. The molecule has 1 heterocycles. The number of nitrogens with one attached hydrogen (secondary N) is 1. The number of esters is 1. The topological polar surface area (TPSA) is 140 Å². The third kappa shape index (κ3) is 6.19. The Hall–Kier alpha value is -4.28. The van der Waals surface area contributed by atoms with Crippen LogP contribution in [0.3, 0.4) is 0 Å². The maximum Gasteiger partial charge on any atom is 0.342 e. The number of rotatable bonds is 8. The summed E-state index contributed by atoms with van der Waals surface area (Å²) in [6.45, 7) is 2.65. The Kier molecular flexibility index (Phi) is 8.49. The van der Waals surface area contributed by atoms with Crippen molar-refractivity contribution >= 4 is 28.7 Å². The van der Waals surface area contributed by atoms with Gasteiger partial charge in [0.1, 0.15) is 17.0 Å². The summed E-state index contributed by atoms with van der Waals surface area (Å²) >= 11 is 0. The molecule has 0 spiro atoms.